The summed E-state index contributed by atoms with van der Waals surface area (Å²) < 4.78 is 18.7. The topological polar surface area (TPSA) is 67.4 Å². The number of para-hydroxylation sites is 1. The maximum Gasteiger partial charge on any atom is 0.255 e. The predicted octanol–water partition coefficient (Wildman–Crippen LogP) is 4.02. The summed E-state index contributed by atoms with van der Waals surface area (Å²) in [6.45, 7) is 0.373. The normalized spacial score (nSPS) is 10.2. The van der Waals surface area contributed by atoms with Crippen LogP contribution >= 0.6 is 0 Å². The molecule has 0 aliphatic carbocycles. The standard InChI is InChI=1S/C22H19FN2O3/c1-28-18-12-6-15(7-13-18)14-24-21(26)16-8-10-17(11-9-16)22(27)25-20-5-3-2-4-19(20)23/h2-13H,14H2,1H3,(H,24,26)(H,25,27). The molecule has 5 nitrogen and oxygen atoms in total. The zero-order valence-corrected chi connectivity index (χ0v) is 15.2. The quantitative estimate of drug-likeness (QED) is 0.681. The fraction of sp³-hybridized carbons (Fsp3) is 0.0909. The van der Waals surface area contributed by atoms with E-state index in [1.165, 1.54) is 24.3 Å². The number of ether oxygens (including phenoxy) is 1. The van der Waals surface area contributed by atoms with Crippen molar-refractivity contribution in [2.24, 2.45) is 0 Å². The number of methoxy groups -OCH3 is 1. The van der Waals surface area contributed by atoms with Gasteiger partial charge in [-0.25, -0.2) is 4.39 Å². The minimum atomic E-state index is -0.509. The van der Waals surface area contributed by atoms with Crippen molar-refractivity contribution in [1.82, 2.24) is 5.32 Å². The Kier molecular flexibility index (Phi) is 6.01. The second kappa shape index (κ2) is 8.81. The lowest BCUT2D eigenvalue weighted by atomic mass is 10.1. The van der Waals surface area contributed by atoms with Gasteiger partial charge in [0, 0.05) is 17.7 Å². The van der Waals surface area contributed by atoms with Gasteiger partial charge in [-0.05, 0) is 54.1 Å². The van der Waals surface area contributed by atoms with Gasteiger partial charge in [0.15, 0.2) is 0 Å². The van der Waals surface area contributed by atoms with Gasteiger partial charge < -0.3 is 15.4 Å². The van der Waals surface area contributed by atoms with Crippen molar-refractivity contribution in [3.8, 4) is 5.75 Å². The van der Waals surface area contributed by atoms with Crippen molar-refractivity contribution in [2.45, 2.75) is 6.54 Å². The van der Waals surface area contributed by atoms with Crippen LogP contribution in [0, 0.1) is 5.82 Å². The SMILES string of the molecule is COc1ccc(CNC(=O)c2ccc(C(=O)Nc3ccccc3F)cc2)cc1. The third kappa shape index (κ3) is 4.73. The zero-order chi connectivity index (χ0) is 19.9. The number of hydrogen-bond donors (Lipinski definition) is 2. The first kappa shape index (κ1) is 19.1. The molecule has 0 heterocycles. The molecule has 0 saturated heterocycles. The first-order chi connectivity index (χ1) is 13.6. The average Bonchev–Trinajstić information content (AvgIpc) is 2.74. The molecule has 28 heavy (non-hydrogen) atoms. The Morgan fingerprint density at radius 1 is 0.857 bits per heavy atom. The molecule has 2 N–H and O–H groups in total. The van der Waals surface area contributed by atoms with Gasteiger partial charge in [-0.2, -0.15) is 0 Å². The molecule has 0 fully saturated rings. The Labute approximate surface area is 162 Å². The van der Waals surface area contributed by atoms with Crippen molar-refractivity contribution in [3.63, 3.8) is 0 Å². The maximum atomic E-state index is 13.6. The van der Waals surface area contributed by atoms with Crippen molar-refractivity contribution >= 4 is 17.5 Å². The molecular weight excluding hydrogens is 359 g/mol. The number of nitrogens with one attached hydrogen (secondary N) is 2. The number of rotatable bonds is 6. The lowest BCUT2D eigenvalue weighted by molar-refractivity contribution is 0.0949. The lowest BCUT2D eigenvalue weighted by Gasteiger charge is -2.08. The van der Waals surface area contributed by atoms with E-state index < -0.39 is 11.7 Å². The van der Waals surface area contributed by atoms with Crippen LogP contribution in [0.3, 0.4) is 0 Å². The smallest absolute Gasteiger partial charge is 0.255 e. The molecule has 3 aromatic carbocycles. The van der Waals surface area contributed by atoms with E-state index in [2.05, 4.69) is 10.6 Å². The summed E-state index contributed by atoms with van der Waals surface area (Å²) in [5.74, 6) is -0.461. The molecule has 0 aliphatic rings. The van der Waals surface area contributed by atoms with E-state index in [1.54, 1.807) is 31.4 Å². The Bertz CT molecular complexity index is 970. The van der Waals surface area contributed by atoms with E-state index >= 15 is 0 Å². The van der Waals surface area contributed by atoms with Crippen molar-refractivity contribution in [3.05, 3.63) is 95.3 Å². The summed E-state index contributed by atoms with van der Waals surface area (Å²) in [6, 6.07) is 19.5. The second-order valence-electron chi connectivity index (χ2n) is 6.04. The molecule has 0 saturated carbocycles. The first-order valence-electron chi connectivity index (χ1n) is 8.64. The van der Waals surface area contributed by atoms with Gasteiger partial charge in [0.1, 0.15) is 11.6 Å². The summed E-state index contributed by atoms with van der Waals surface area (Å²) in [6.07, 6.45) is 0. The molecule has 0 aliphatic heterocycles. The molecule has 0 bridgehead atoms. The van der Waals surface area contributed by atoms with Gasteiger partial charge in [0.05, 0.1) is 12.8 Å². The molecule has 2 amide bonds. The van der Waals surface area contributed by atoms with E-state index in [0.29, 0.717) is 17.7 Å². The lowest BCUT2D eigenvalue weighted by Crippen LogP contribution is -2.23. The molecule has 3 rings (SSSR count). The van der Waals surface area contributed by atoms with Crippen LogP contribution in [-0.2, 0) is 6.54 Å². The highest BCUT2D eigenvalue weighted by molar-refractivity contribution is 6.05. The van der Waals surface area contributed by atoms with E-state index in [9.17, 15) is 14.0 Å². The summed E-state index contributed by atoms with van der Waals surface area (Å²) in [4.78, 5) is 24.5. The Hall–Kier alpha value is -3.67. The summed E-state index contributed by atoms with van der Waals surface area (Å²) >= 11 is 0. The number of amides is 2. The number of anilines is 1. The van der Waals surface area contributed by atoms with Crippen LogP contribution in [-0.4, -0.2) is 18.9 Å². The summed E-state index contributed by atoms with van der Waals surface area (Å²) in [5, 5.41) is 5.33. The summed E-state index contributed by atoms with van der Waals surface area (Å²) in [5.41, 5.74) is 1.80. The van der Waals surface area contributed by atoms with Gasteiger partial charge in [-0.1, -0.05) is 24.3 Å². The van der Waals surface area contributed by atoms with Crippen LogP contribution in [0.1, 0.15) is 26.3 Å². The van der Waals surface area contributed by atoms with Crippen molar-refractivity contribution < 1.29 is 18.7 Å². The molecular formula is C22H19FN2O3. The van der Waals surface area contributed by atoms with Crippen LogP contribution in [0.2, 0.25) is 0 Å². The third-order valence-corrected chi connectivity index (χ3v) is 4.14. The Morgan fingerprint density at radius 2 is 1.46 bits per heavy atom. The van der Waals surface area contributed by atoms with Crippen molar-refractivity contribution in [1.29, 1.82) is 0 Å². The fourth-order valence-electron chi connectivity index (χ4n) is 2.56. The monoisotopic (exact) mass is 378 g/mol. The Balaban J connectivity index is 1.59. The minimum absolute atomic E-state index is 0.105. The van der Waals surface area contributed by atoms with Gasteiger partial charge in [0.25, 0.3) is 11.8 Å². The van der Waals surface area contributed by atoms with E-state index in [-0.39, 0.29) is 11.6 Å². The molecule has 6 heteroatoms. The van der Waals surface area contributed by atoms with E-state index in [0.717, 1.165) is 11.3 Å². The highest BCUT2D eigenvalue weighted by Crippen LogP contribution is 2.15. The maximum absolute atomic E-state index is 13.6. The van der Waals surface area contributed by atoms with Crippen LogP contribution in [0.25, 0.3) is 0 Å². The van der Waals surface area contributed by atoms with E-state index in [1.807, 2.05) is 24.3 Å². The largest absolute Gasteiger partial charge is 0.497 e. The molecule has 0 radical (unpaired) electrons. The van der Waals surface area contributed by atoms with Gasteiger partial charge in [-0.15, -0.1) is 0 Å². The zero-order valence-electron chi connectivity index (χ0n) is 15.2. The average molecular weight is 378 g/mol. The van der Waals surface area contributed by atoms with Crippen LogP contribution in [0.4, 0.5) is 10.1 Å². The molecule has 0 aromatic heterocycles. The first-order valence-corrected chi connectivity index (χ1v) is 8.64. The highest BCUT2D eigenvalue weighted by Gasteiger charge is 2.11. The molecule has 0 spiro atoms. The number of hydrogen-bond acceptors (Lipinski definition) is 3. The fourth-order valence-corrected chi connectivity index (χ4v) is 2.56. The minimum Gasteiger partial charge on any atom is -0.497 e. The van der Waals surface area contributed by atoms with Crippen LogP contribution < -0.4 is 15.4 Å². The molecule has 0 atom stereocenters. The molecule has 142 valence electrons. The number of carbonyl (C=O) groups excluding carboxylic acids is 2. The van der Waals surface area contributed by atoms with Gasteiger partial charge in [-0.3, -0.25) is 9.59 Å². The van der Waals surface area contributed by atoms with Gasteiger partial charge >= 0.3 is 0 Å². The van der Waals surface area contributed by atoms with E-state index in [4.69, 9.17) is 4.74 Å². The summed E-state index contributed by atoms with van der Waals surface area (Å²) in [7, 11) is 1.59. The number of benzene rings is 3. The molecule has 3 aromatic rings. The number of halogens is 1. The molecule has 0 unspecified atom stereocenters. The number of carbonyl (C=O) groups is 2. The highest BCUT2D eigenvalue weighted by atomic mass is 19.1. The third-order valence-electron chi connectivity index (χ3n) is 4.14. The van der Waals surface area contributed by atoms with Crippen LogP contribution in [0.15, 0.2) is 72.8 Å². The Morgan fingerprint density at radius 3 is 2.07 bits per heavy atom. The van der Waals surface area contributed by atoms with Gasteiger partial charge in [0.2, 0.25) is 0 Å². The van der Waals surface area contributed by atoms with Crippen molar-refractivity contribution in [2.75, 3.05) is 12.4 Å². The predicted molar refractivity (Wildman–Crippen MR) is 105 cm³/mol. The second-order valence-corrected chi connectivity index (χ2v) is 6.04. The van der Waals surface area contributed by atoms with Crippen LogP contribution in [0.5, 0.6) is 5.75 Å².